The lowest BCUT2D eigenvalue weighted by atomic mass is 9.94. The molecule has 3 aliphatic heterocycles. The highest BCUT2D eigenvalue weighted by molar-refractivity contribution is 7.86. The number of hydrogen-bond donors (Lipinski definition) is 3. The summed E-state index contributed by atoms with van der Waals surface area (Å²) in [5.74, 6) is 5.74. The van der Waals surface area contributed by atoms with Gasteiger partial charge in [0.25, 0.3) is 10.1 Å². The average Bonchev–Trinajstić information content (AvgIpc) is 0.982. The molecule has 0 unspecified atom stereocenters. The minimum absolute atomic E-state index is 0.0274. The van der Waals surface area contributed by atoms with E-state index in [1.165, 1.54) is 125 Å². The number of benzene rings is 9. The van der Waals surface area contributed by atoms with Crippen molar-refractivity contribution in [2.24, 2.45) is 0 Å². The van der Waals surface area contributed by atoms with Crippen LogP contribution >= 0.6 is 0 Å². The molecule has 682 valence electrons. The molecule has 128 heavy (non-hydrogen) atoms. The van der Waals surface area contributed by atoms with Crippen molar-refractivity contribution in [2.75, 3.05) is 33.2 Å². The molecule has 20 nitrogen and oxygen atoms in total. The standard InChI is InChI=1S/C31H34O5.2C30H32O5.C6H12O3S.C5H10O.C5H8O/c1-20-13-27(36-25-9-4-5-10-25)14-21(2)31(20)23-8-6-7-22(15-23)18-34-26-11-12-28-24(16-30(32)33-3)19-35-29(28)17-26;2*1-19-12-26(35-24-8-3-4-9-24)13-20(2)30(19)22-7-5-6-21(14-22)17-33-25-10-11-27-23(15-29(31)32)18-34-28(27)16-25;1-10(7,8)9-6-4-2-3-5-6;2*6-5-3-1-2-4-5/h6-8,11-15,17,24-25H,4-5,9-10,16,18-19H2,1-3H3;2*5-7,10-14,16,23-24H,3-4,8-9,15,17-18H2,1-2H3,(H,31,32);6H,2-5H2,1H3;5-6H,1-4H2;1-4H2/t24-;2*23-;;;/m111.../s1. The fourth-order valence-electron chi connectivity index (χ4n) is 19.0. The quantitative estimate of drug-likeness (QED) is 0.0336. The Morgan fingerprint density at radius 3 is 0.938 bits per heavy atom. The van der Waals surface area contributed by atoms with Crippen LogP contribution in [0.15, 0.2) is 164 Å². The minimum atomic E-state index is -3.21. The number of carbonyl (C=O) groups excluding carboxylic acids is 2. The lowest BCUT2D eigenvalue weighted by Crippen LogP contribution is -2.13. The lowest BCUT2D eigenvalue weighted by Gasteiger charge is -2.17. The van der Waals surface area contributed by atoms with Crippen LogP contribution < -0.4 is 42.6 Å². The Kier molecular flexibility index (Phi) is 34.0. The Morgan fingerprint density at radius 2 is 0.672 bits per heavy atom. The highest BCUT2D eigenvalue weighted by Crippen LogP contribution is 2.44. The van der Waals surface area contributed by atoms with E-state index in [0.29, 0.717) is 93.2 Å². The van der Waals surface area contributed by atoms with Gasteiger partial charge in [-0.05, 0) is 313 Å². The van der Waals surface area contributed by atoms with E-state index in [0.717, 1.165) is 171 Å². The number of Topliss-reactive ketones (excluding diaryl/α,β-unsaturated/α-hetero) is 1. The molecule has 6 fully saturated rings. The fraction of sp³-hybridized carbons (Fsp3) is 0.458. The summed E-state index contributed by atoms with van der Waals surface area (Å²) in [6.45, 7) is 15.5. The number of methoxy groups -OCH3 is 1. The summed E-state index contributed by atoms with van der Waals surface area (Å²) >= 11 is 0. The summed E-state index contributed by atoms with van der Waals surface area (Å²) in [6, 6.07) is 55.6. The second-order valence-electron chi connectivity index (χ2n) is 35.8. The summed E-state index contributed by atoms with van der Waals surface area (Å²) in [7, 11) is -1.80. The van der Waals surface area contributed by atoms with Crippen LogP contribution in [0.25, 0.3) is 33.4 Å². The van der Waals surface area contributed by atoms with Gasteiger partial charge in [0.2, 0.25) is 0 Å². The van der Waals surface area contributed by atoms with Gasteiger partial charge in [-0.1, -0.05) is 98.5 Å². The molecule has 0 radical (unpaired) electrons. The van der Waals surface area contributed by atoms with Crippen LogP contribution in [0, 0.1) is 41.5 Å². The maximum absolute atomic E-state index is 11.7. The number of aliphatic hydroxyl groups excluding tert-OH is 1. The van der Waals surface area contributed by atoms with Crippen LogP contribution in [0.1, 0.15) is 258 Å². The number of ether oxygens (including phenoxy) is 10. The molecule has 3 N–H and O–H groups in total. The molecule has 9 aliphatic rings. The third kappa shape index (κ3) is 27.6. The van der Waals surface area contributed by atoms with E-state index in [2.05, 4.69) is 151 Å². The van der Waals surface area contributed by atoms with Crippen LogP contribution in [-0.4, -0.2) is 111 Å². The van der Waals surface area contributed by atoms with Gasteiger partial charge in [-0.15, -0.1) is 0 Å². The van der Waals surface area contributed by atoms with Gasteiger partial charge in [0.15, 0.2) is 0 Å². The number of ketones is 1. The number of fused-ring (bicyclic) bond motifs is 3. The predicted molar refractivity (Wildman–Crippen MR) is 497 cm³/mol. The first-order valence-corrected chi connectivity index (χ1v) is 48.0. The van der Waals surface area contributed by atoms with Crippen LogP contribution in [0.2, 0.25) is 0 Å². The normalized spacial score (nSPS) is 18.1. The first-order valence-electron chi connectivity index (χ1n) is 46.2. The van der Waals surface area contributed by atoms with E-state index >= 15 is 0 Å². The predicted octanol–water partition coefficient (Wildman–Crippen LogP) is 23.5. The topological polar surface area (TPSA) is 265 Å². The first-order chi connectivity index (χ1) is 61.8. The van der Waals surface area contributed by atoms with Gasteiger partial charge < -0.3 is 62.7 Å². The van der Waals surface area contributed by atoms with Crippen molar-refractivity contribution < 1.29 is 94.5 Å². The Labute approximate surface area is 755 Å². The van der Waals surface area contributed by atoms with Crippen molar-refractivity contribution in [3.8, 4) is 85.1 Å². The number of aliphatic carboxylic acids is 2. The molecular weight excluding hydrogens is 1640 g/mol. The molecule has 6 saturated carbocycles. The Hall–Kier alpha value is -10.9. The van der Waals surface area contributed by atoms with Gasteiger partial charge in [0.05, 0.1) is 83.0 Å². The summed E-state index contributed by atoms with van der Waals surface area (Å²) in [4.78, 5) is 44.0. The monoisotopic (exact) mass is 1760 g/mol. The molecule has 0 aromatic heterocycles. The van der Waals surface area contributed by atoms with E-state index in [1.807, 2.05) is 54.6 Å². The molecule has 0 saturated heterocycles. The van der Waals surface area contributed by atoms with Gasteiger partial charge in [0.1, 0.15) is 77.3 Å². The van der Waals surface area contributed by atoms with Crippen LogP contribution in [0.5, 0.6) is 51.7 Å². The average molecular weight is 1770 g/mol. The number of esters is 1. The van der Waals surface area contributed by atoms with Gasteiger partial charge in [0, 0.05) is 65.5 Å². The van der Waals surface area contributed by atoms with Gasteiger partial charge >= 0.3 is 17.9 Å². The maximum Gasteiger partial charge on any atom is 0.306 e. The Balaban J connectivity index is 0.000000146. The van der Waals surface area contributed by atoms with Crippen LogP contribution in [0.4, 0.5) is 0 Å². The van der Waals surface area contributed by atoms with Crippen molar-refractivity contribution in [2.45, 2.75) is 283 Å². The molecular formula is C107H128O20S. The summed E-state index contributed by atoms with van der Waals surface area (Å²) in [6.07, 6.45) is 29.7. The number of carbonyl (C=O) groups is 4. The zero-order valence-electron chi connectivity index (χ0n) is 75.7. The van der Waals surface area contributed by atoms with E-state index in [1.54, 1.807) is 0 Å². The molecule has 18 rings (SSSR count). The summed E-state index contributed by atoms with van der Waals surface area (Å²) in [5, 5.41) is 26.9. The van der Waals surface area contributed by atoms with Crippen molar-refractivity contribution in [3.63, 3.8) is 0 Å². The van der Waals surface area contributed by atoms with E-state index in [9.17, 15) is 27.6 Å². The molecule has 21 heteroatoms. The number of hydrogen-bond acceptors (Lipinski definition) is 18. The highest BCUT2D eigenvalue weighted by Gasteiger charge is 2.32. The van der Waals surface area contributed by atoms with Crippen molar-refractivity contribution in [1.29, 1.82) is 0 Å². The van der Waals surface area contributed by atoms with Crippen LogP contribution in [-0.2, 0) is 58.0 Å². The van der Waals surface area contributed by atoms with Gasteiger partial charge in [-0.2, -0.15) is 8.42 Å². The van der Waals surface area contributed by atoms with Gasteiger partial charge in [-0.3, -0.25) is 23.4 Å². The third-order valence-electron chi connectivity index (χ3n) is 25.4. The smallest absolute Gasteiger partial charge is 0.306 e. The molecule has 0 amide bonds. The van der Waals surface area contributed by atoms with E-state index < -0.39 is 22.1 Å². The number of carboxylic acids is 2. The zero-order valence-corrected chi connectivity index (χ0v) is 76.5. The number of carboxylic acid groups (broad SMARTS) is 2. The molecule has 0 bridgehead atoms. The van der Waals surface area contributed by atoms with Crippen molar-refractivity contribution in [3.05, 3.63) is 231 Å². The number of aryl methyl sites for hydroxylation is 6. The van der Waals surface area contributed by atoms with E-state index in [-0.39, 0.29) is 48.8 Å². The maximum atomic E-state index is 11.7. The molecule has 3 atom stereocenters. The molecule has 3 heterocycles. The van der Waals surface area contributed by atoms with Crippen LogP contribution in [0.3, 0.4) is 0 Å². The SMILES string of the molecule is COC(=O)C[C@@H]1COc2cc(OCc3cccc(-c4c(C)cc(OC5CCCC5)cc4C)c3)ccc21.CS(=O)(=O)OC1CCCC1.Cc1cc(OC2CCCC2)cc(C)c1-c1cccc(COc2ccc3c(c2)OC[C@H]3CC(=O)O)c1.Cc1cc(OC2CCCC2)cc(C)c1-c1cccc(COc2ccc3c(c2)OC[C@H]3CC(=O)O)c1.O=C1CCCC1.OC1CCCC1. The van der Waals surface area contributed by atoms with Crippen molar-refractivity contribution >= 4 is 33.8 Å². The Morgan fingerprint density at radius 1 is 0.375 bits per heavy atom. The summed E-state index contributed by atoms with van der Waals surface area (Å²) in [5.41, 5.74) is 20.7. The highest BCUT2D eigenvalue weighted by atomic mass is 32.2. The van der Waals surface area contributed by atoms with Gasteiger partial charge in [-0.25, -0.2) is 0 Å². The number of rotatable bonds is 26. The molecule has 6 aliphatic carbocycles. The largest absolute Gasteiger partial charge is 0.492 e. The number of aliphatic hydroxyl groups is 1. The second-order valence-corrected chi connectivity index (χ2v) is 37.4. The van der Waals surface area contributed by atoms with Crippen molar-refractivity contribution in [1.82, 2.24) is 0 Å². The Bertz CT molecular complexity index is 5100. The minimum Gasteiger partial charge on any atom is -0.492 e. The second kappa shape index (κ2) is 45.9. The first kappa shape index (κ1) is 94.7. The lowest BCUT2D eigenvalue weighted by molar-refractivity contribution is -0.141. The molecule has 0 spiro atoms. The fourth-order valence-corrected chi connectivity index (χ4v) is 19.7. The third-order valence-corrected chi connectivity index (χ3v) is 26.0. The summed E-state index contributed by atoms with van der Waals surface area (Å²) < 4.78 is 84.9. The zero-order chi connectivity index (χ0) is 90.2. The van der Waals surface area contributed by atoms with E-state index in [4.69, 9.17) is 66.9 Å². The molecule has 9 aromatic rings. The molecule has 9 aromatic carbocycles.